The van der Waals surface area contributed by atoms with E-state index in [4.69, 9.17) is 4.74 Å². The van der Waals surface area contributed by atoms with Gasteiger partial charge in [-0.3, -0.25) is 0 Å². The van der Waals surface area contributed by atoms with Crippen molar-refractivity contribution in [2.24, 2.45) is 0 Å². The molecule has 0 fully saturated rings. The number of hydrogen-bond donors (Lipinski definition) is 0. The van der Waals surface area contributed by atoms with E-state index in [1.54, 1.807) is 13.0 Å². The van der Waals surface area contributed by atoms with Crippen molar-refractivity contribution in [3.63, 3.8) is 0 Å². The summed E-state index contributed by atoms with van der Waals surface area (Å²) >= 11 is 0. The molecule has 0 atom stereocenters. The zero-order valence-corrected chi connectivity index (χ0v) is 11.5. The molecule has 0 bridgehead atoms. The van der Waals surface area contributed by atoms with Crippen LogP contribution in [0.25, 0.3) is 0 Å². The molecule has 0 saturated heterocycles. The quantitative estimate of drug-likeness (QED) is 0.257. The summed E-state index contributed by atoms with van der Waals surface area (Å²) in [6.07, 6.45) is 13.4. The zero-order chi connectivity index (χ0) is 12.9. The van der Waals surface area contributed by atoms with Gasteiger partial charge in [0.25, 0.3) is 0 Å². The Morgan fingerprint density at radius 1 is 1.12 bits per heavy atom. The molecule has 0 unspecified atom stereocenters. The topological polar surface area (TPSA) is 26.3 Å². The highest BCUT2D eigenvalue weighted by atomic mass is 16.5. The van der Waals surface area contributed by atoms with Crippen LogP contribution in [0, 0.1) is 0 Å². The molecule has 0 spiro atoms. The van der Waals surface area contributed by atoms with Crippen LogP contribution in [0.4, 0.5) is 0 Å². The SMILES string of the molecule is C/C=C(\C)C(=O)OC/C=C/CCCCCCC. The van der Waals surface area contributed by atoms with E-state index in [-0.39, 0.29) is 5.97 Å². The van der Waals surface area contributed by atoms with Crippen LogP contribution in [0.1, 0.15) is 59.3 Å². The fourth-order valence-electron chi connectivity index (χ4n) is 1.41. The molecule has 17 heavy (non-hydrogen) atoms. The van der Waals surface area contributed by atoms with Gasteiger partial charge in [0.1, 0.15) is 6.61 Å². The molecule has 0 aliphatic heterocycles. The summed E-state index contributed by atoms with van der Waals surface area (Å²) in [7, 11) is 0. The monoisotopic (exact) mass is 238 g/mol. The van der Waals surface area contributed by atoms with Crippen molar-refractivity contribution in [2.45, 2.75) is 59.3 Å². The Balaban J connectivity index is 3.40. The lowest BCUT2D eigenvalue weighted by atomic mass is 10.1. The van der Waals surface area contributed by atoms with Gasteiger partial charge in [0, 0.05) is 5.57 Å². The second-order valence-corrected chi connectivity index (χ2v) is 4.24. The van der Waals surface area contributed by atoms with Crippen molar-refractivity contribution in [3.8, 4) is 0 Å². The average Bonchev–Trinajstić information content (AvgIpc) is 2.35. The van der Waals surface area contributed by atoms with Crippen molar-refractivity contribution in [3.05, 3.63) is 23.8 Å². The van der Waals surface area contributed by atoms with E-state index >= 15 is 0 Å². The Kier molecular flexibility index (Phi) is 10.7. The van der Waals surface area contributed by atoms with Crippen molar-refractivity contribution >= 4 is 5.97 Å². The molecule has 0 saturated carbocycles. The zero-order valence-electron chi connectivity index (χ0n) is 11.5. The lowest BCUT2D eigenvalue weighted by Gasteiger charge is -2.00. The molecular formula is C15H26O2. The molecule has 2 nitrogen and oxygen atoms in total. The first-order valence-corrected chi connectivity index (χ1v) is 6.67. The van der Waals surface area contributed by atoms with Gasteiger partial charge in [0.2, 0.25) is 0 Å². The highest BCUT2D eigenvalue weighted by Gasteiger charge is 2.01. The lowest BCUT2D eigenvalue weighted by Crippen LogP contribution is -2.05. The van der Waals surface area contributed by atoms with Crippen LogP contribution >= 0.6 is 0 Å². The minimum atomic E-state index is -0.222. The largest absolute Gasteiger partial charge is 0.458 e. The van der Waals surface area contributed by atoms with Gasteiger partial charge < -0.3 is 4.74 Å². The van der Waals surface area contributed by atoms with Gasteiger partial charge in [0.15, 0.2) is 0 Å². The normalized spacial score (nSPS) is 12.1. The molecule has 0 aromatic rings. The predicted octanol–water partition coefficient (Wildman–Crippen LogP) is 4.41. The fourth-order valence-corrected chi connectivity index (χ4v) is 1.41. The predicted molar refractivity (Wildman–Crippen MR) is 72.9 cm³/mol. The first-order chi connectivity index (χ1) is 8.22. The fraction of sp³-hybridized carbons (Fsp3) is 0.667. The molecule has 0 rings (SSSR count). The maximum Gasteiger partial charge on any atom is 0.333 e. The molecule has 0 aromatic carbocycles. The molecule has 2 heteroatoms. The standard InChI is InChI=1S/C15H26O2/c1-4-6-7-8-9-10-11-12-13-17-15(16)14(3)5-2/h5,11-12H,4,6-10,13H2,1-3H3/b12-11+,14-5+. The minimum absolute atomic E-state index is 0.222. The summed E-state index contributed by atoms with van der Waals surface area (Å²) in [5.41, 5.74) is 0.665. The van der Waals surface area contributed by atoms with Crippen molar-refractivity contribution in [2.75, 3.05) is 6.61 Å². The van der Waals surface area contributed by atoms with E-state index in [0.29, 0.717) is 12.2 Å². The van der Waals surface area contributed by atoms with Crippen LogP contribution in [0.15, 0.2) is 23.8 Å². The van der Waals surface area contributed by atoms with Gasteiger partial charge in [-0.05, 0) is 26.7 Å². The third kappa shape index (κ3) is 9.86. The molecular weight excluding hydrogens is 212 g/mol. The van der Waals surface area contributed by atoms with Crippen LogP contribution in [-0.4, -0.2) is 12.6 Å². The first kappa shape index (κ1) is 16.0. The summed E-state index contributed by atoms with van der Waals surface area (Å²) in [5.74, 6) is -0.222. The third-order valence-electron chi connectivity index (χ3n) is 2.71. The van der Waals surface area contributed by atoms with E-state index in [1.807, 2.05) is 13.0 Å². The van der Waals surface area contributed by atoms with Gasteiger partial charge >= 0.3 is 5.97 Å². The van der Waals surface area contributed by atoms with E-state index in [9.17, 15) is 4.79 Å². The molecule has 0 N–H and O–H groups in total. The van der Waals surface area contributed by atoms with Crippen LogP contribution in [-0.2, 0) is 9.53 Å². The van der Waals surface area contributed by atoms with Gasteiger partial charge in [-0.1, -0.05) is 50.8 Å². The maximum absolute atomic E-state index is 11.3. The Bertz CT molecular complexity index is 252. The number of carbonyl (C=O) groups is 1. The summed E-state index contributed by atoms with van der Waals surface area (Å²) < 4.78 is 5.05. The van der Waals surface area contributed by atoms with E-state index < -0.39 is 0 Å². The second-order valence-electron chi connectivity index (χ2n) is 4.24. The van der Waals surface area contributed by atoms with Crippen molar-refractivity contribution in [1.82, 2.24) is 0 Å². The van der Waals surface area contributed by atoms with Gasteiger partial charge in [-0.2, -0.15) is 0 Å². The maximum atomic E-state index is 11.3. The van der Waals surface area contributed by atoms with Crippen LogP contribution < -0.4 is 0 Å². The first-order valence-electron chi connectivity index (χ1n) is 6.67. The Hall–Kier alpha value is -1.05. The van der Waals surface area contributed by atoms with Crippen LogP contribution in [0.3, 0.4) is 0 Å². The smallest absolute Gasteiger partial charge is 0.333 e. The Labute approximate surface area is 106 Å². The number of hydrogen-bond acceptors (Lipinski definition) is 2. The highest BCUT2D eigenvalue weighted by molar-refractivity contribution is 5.87. The van der Waals surface area contributed by atoms with Gasteiger partial charge in [-0.15, -0.1) is 0 Å². The molecule has 0 heterocycles. The molecule has 98 valence electrons. The van der Waals surface area contributed by atoms with Gasteiger partial charge in [0.05, 0.1) is 0 Å². The van der Waals surface area contributed by atoms with E-state index in [0.717, 1.165) is 6.42 Å². The third-order valence-corrected chi connectivity index (χ3v) is 2.71. The summed E-state index contributed by atoms with van der Waals surface area (Å²) in [4.78, 5) is 11.3. The van der Waals surface area contributed by atoms with E-state index in [2.05, 4.69) is 13.0 Å². The van der Waals surface area contributed by atoms with Crippen molar-refractivity contribution < 1.29 is 9.53 Å². The highest BCUT2D eigenvalue weighted by Crippen LogP contribution is 2.05. The number of carbonyl (C=O) groups excluding carboxylic acids is 1. The average molecular weight is 238 g/mol. The van der Waals surface area contributed by atoms with Crippen molar-refractivity contribution in [1.29, 1.82) is 0 Å². The molecule has 0 amide bonds. The number of unbranched alkanes of at least 4 members (excludes halogenated alkanes) is 5. The van der Waals surface area contributed by atoms with Gasteiger partial charge in [-0.25, -0.2) is 4.79 Å². The molecule has 0 aromatic heterocycles. The minimum Gasteiger partial charge on any atom is -0.458 e. The van der Waals surface area contributed by atoms with Crippen LogP contribution in [0.5, 0.6) is 0 Å². The molecule has 0 aliphatic rings. The Morgan fingerprint density at radius 2 is 1.82 bits per heavy atom. The number of rotatable bonds is 9. The lowest BCUT2D eigenvalue weighted by molar-refractivity contribution is -0.137. The summed E-state index contributed by atoms with van der Waals surface area (Å²) in [6.45, 7) is 6.21. The van der Waals surface area contributed by atoms with Crippen LogP contribution in [0.2, 0.25) is 0 Å². The molecule has 0 aliphatic carbocycles. The van der Waals surface area contributed by atoms with E-state index in [1.165, 1.54) is 32.1 Å². The summed E-state index contributed by atoms with van der Waals surface area (Å²) in [5, 5.41) is 0. The number of allylic oxidation sites excluding steroid dienone is 2. The summed E-state index contributed by atoms with van der Waals surface area (Å²) in [6, 6.07) is 0. The Morgan fingerprint density at radius 3 is 2.47 bits per heavy atom. The number of ether oxygens (including phenoxy) is 1. The number of esters is 1. The molecule has 0 radical (unpaired) electrons. The second kappa shape index (κ2) is 11.4.